The molecule has 9 nitrogen and oxygen atoms in total. The fourth-order valence-electron chi connectivity index (χ4n) is 2.92. The number of nitrogens with zero attached hydrogens (tertiary/aromatic N) is 2. The topological polar surface area (TPSA) is 131 Å². The molecular formula is C17H16F2N2O7. The standard InChI is InChI=1S/C17H16F2N2O7/c18-8-1-2-9(10(19)5-8)11(23)6-21-13(24)3-4-20(17(21)27)16-15(26)14(25)12(7-22)28-16/h1-5,12,14-16,22,25-26H,6-7H2/t12-,14-,15-,16-/m1/s1. The van der Waals surface area contributed by atoms with Crippen LogP contribution in [-0.2, 0) is 11.3 Å². The molecule has 0 amide bonds. The van der Waals surface area contributed by atoms with Crippen molar-refractivity contribution >= 4 is 5.78 Å². The van der Waals surface area contributed by atoms with E-state index in [0.29, 0.717) is 10.6 Å². The summed E-state index contributed by atoms with van der Waals surface area (Å²) < 4.78 is 33.2. The second-order valence-corrected chi connectivity index (χ2v) is 6.21. The summed E-state index contributed by atoms with van der Waals surface area (Å²) in [6, 6.07) is 3.18. The van der Waals surface area contributed by atoms with Gasteiger partial charge in [-0.1, -0.05) is 0 Å². The van der Waals surface area contributed by atoms with Gasteiger partial charge in [-0.15, -0.1) is 0 Å². The van der Waals surface area contributed by atoms with Crippen LogP contribution in [0.4, 0.5) is 8.78 Å². The van der Waals surface area contributed by atoms with Gasteiger partial charge in [0, 0.05) is 18.3 Å². The molecule has 1 fully saturated rings. The summed E-state index contributed by atoms with van der Waals surface area (Å²) in [5, 5.41) is 29.0. The molecule has 1 aliphatic rings. The zero-order valence-corrected chi connectivity index (χ0v) is 14.2. The number of halogens is 2. The van der Waals surface area contributed by atoms with E-state index in [-0.39, 0.29) is 0 Å². The van der Waals surface area contributed by atoms with E-state index in [0.717, 1.165) is 29.0 Å². The van der Waals surface area contributed by atoms with E-state index in [1.54, 1.807) is 0 Å². The second-order valence-electron chi connectivity index (χ2n) is 6.21. The van der Waals surface area contributed by atoms with Gasteiger partial charge in [-0.05, 0) is 12.1 Å². The van der Waals surface area contributed by atoms with E-state index in [4.69, 9.17) is 9.84 Å². The maximum absolute atomic E-state index is 13.8. The molecule has 1 aromatic carbocycles. The molecule has 0 aliphatic carbocycles. The second kappa shape index (κ2) is 7.72. The zero-order valence-electron chi connectivity index (χ0n) is 14.2. The molecule has 1 saturated heterocycles. The average molecular weight is 398 g/mol. The van der Waals surface area contributed by atoms with Crippen molar-refractivity contribution in [2.45, 2.75) is 31.1 Å². The average Bonchev–Trinajstić information content (AvgIpc) is 2.93. The van der Waals surface area contributed by atoms with Crippen LogP contribution in [0.3, 0.4) is 0 Å². The van der Waals surface area contributed by atoms with Crippen LogP contribution in [0.25, 0.3) is 0 Å². The van der Waals surface area contributed by atoms with Crippen molar-refractivity contribution < 1.29 is 33.6 Å². The van der Waals surface area contributed by atoms with Gasteiger partial charge in [0.2, 0.25) is 0 Å². The fourth-order valence-corrected chi connectivity index (χ4v) is 2.92. The Morgan fingerprint density at radius 3 is 2.46 bits per heavy atom. The SMILES string of the molecule is O=C(Cn1c(=O)ccn([C@@H]2O[C@H](CO)[C@@H](O)[C@H]2O)c1=O)c1ccc(F)cc1F. The Morgan fingerprint density at radius 1 is 1.14 bits per heavy atom. The Bertz CT molecular complexity index is 1020. The molecule has 1 aliphatic heterocycles. The van der Waals surface area contributed by atoms with Gasteiger partial charge in [-0.25, -0.2) is 13.6 Å². The number of carbonyl (C=O) groups is 1. The molecule has 4 atom stereocenters. The maximum Gasteiger partial charge on any atom is 0.333 e. The van der Waals surface area contributed by atoms with Crippen LogP contribution in [-0.4, -0.2) is 55.2 Å². The summed E-state index contributed by atoms with van der Waals surface area (Å²) in [4.78, 5) is 36.9. The lowest BCUT2D eigenvalue weighted by molar-refractivity contribution is -0.0555. The fraction of sp³-hybridized carbons (Fsp3) is 0.353. The monoisotopic (exact) mass is 398 g/mol. The van der Waals surface area contributed by atoms with E-state index < -0.39 is 71.9 Å². The van der Waals surface area contributed by atoms with E-state index in [1.165, 1.54) is 0 Å². The molecule has 0 radical (unpaired) electrons. The van der Waals surface area contributed by atoms with Crippen LogP contribution in [0.2, 0.25) is 0 Å². The van der Waals surface area contributed by atoms with Gasteiger partial charge < -0.3 is 20.1 Å². The molecule has 2 aromatic rings. The molecule has 0 bridgehead atoms. The lowest BCUT2D eigenvalue weighted by Gasteiger charge is -2.18. The van der Waals surface area contributed by atoms with Gasteiger partial charge in [0.1, 0.15) is 29.9 Å². The van der Waals surface area contributed by atoms with Crippen LogP contribution in [0.1, 0.15) is 16.6 Å². The quantitative estimate of drug-likeness (QED) is 0.538. The van der Waals surface area contributed by atoms with E-state index in [9.17, 15) is 33.4 Å². The number of ketones is 1. The van der Waals surface area contributed by atoms with Crippen molar-refractivity contribution in [3.63, 3.8) is 0 Å². The summed E-state index contributed by atoms with van der Waals surface area (Å²) in [5.74, 6) is -2.98. The van der Waals surface area contributed by atoms with Gasteiger partial charge in [0.05, 0.1) is 18.7 Å². The van der Waals surface area contributed by atoms with Crippen LogP contribution in [0.15, 0.2) is 40.1 Å². The molecule has 11 heteroatoms. The summed E-state index contributed by atoms with van der Waals surface area (Å²) in [6.45, 7) is -1.46. The predicted molar refractivity (Wildman–Crippen MR) is 88.7 cm³/mol. The number of aliphatic hydroxyl groups excluding tert-OH is 3. The summed E-state index contributed by atoms with van der Waals surface area (Å²) in [5.41, 5.74) is -2.43. The van der Waals surface area contributed by atoms with Crippen molar-refractivity contribution in [2.24, 2.45) is 0 Å². The smallest absolute Gasteiger partial charge is 0.333 e. The molecule has 28 heavy (non-hydrogen) atoms. The van der Waals surface area contributed by atoms with Crippen molar-refractivity contribution in [2.75, 3.05) is 6.61 Å². The Labute approximate surface area is 155 Å². The molecule has 150 valence electrons. The summed E-state index contributed by atoms with van der Waals surface area (Å²) >= 11 is 0. The lowest BCUT2D eigenvalue weighted by atomic mass is 10.1. The van der Waals surface area contributed by atoms with Gasteiger partial charge in [0.25, 0.3) is 5.56 Å². The minimum atomic E-state index is -1.58. The Morgan fingerprint density at radius 2 is 1.86 bits per heavy atom. The highest BCUT2D eigenvalue weighted by atomic mass is 19.1. The lowest BCUT2D eigenvalue weighted by Crippen LogP contribution is -2.44. The van der Waals surface area contributed by atoms with Gasteiger partial charge >= 0.3 is 5.69 Å². The minimum absolute atomic E-state index is 0.486. The van der Waals surface area contributed by atoms with Crippen LogP contribution in [0.5, 0.6) is 0 Å². The first-order valence-electron chi connectivity index (χ1n) is 8.17. The molecule has 0 saturated carbocycles. The third-order valence-electron chi connectivity index (χ3n) is 4.42. The van der Waals surface area contributed by atoms with Crippen LogP contribution in [0, 0.1) is 11.6 Å². The number of ether oxygens (including phenoxy) is 1. The highest BCUT2D eigenvalue weighted by molar-refractivity contribution is 5.96. The summed E-state index contributed by atoms with van der Waals surface area (Å²) in [7, 11) is 0. The normalized spacial score (nSPS) is 24.5. The highest BCUT2D eigenvalue weighted by Crippen LogP contribution is 2.27. The number of Topliss-reactive ketones (excluding diaryl/α,β-unsaturated/α-hetero) is 1. The molecule has 2 heterocycles. The number of hydrogen-bond acceptors (Lipinski definition) is 7. The Hall–Kier alpha value is -2.73. The summed E-state index contributed by atoms with van der Waals surface area (Å²) in [6.07, 6.45) is -4.61. The molecule has 1 aromatic heterocycles. The highest BCUT2D eigenvalue weighted by Gasteiger charge is 2.43. The van der Waals surface area contributed by atoms with Crippen molar-refractivity contribution in [1.29, 1.82) is 0 Å². The molecule has 3 rings (SSSR count). The van der Waals surface area contributed by atoms with E-state index in [2.05, 4.69) is 0 Å². The Balaban J connectivity index is 1.95. The van der Waals surface area contributed by atoms with Gasteiger partial charge in [0.15, 0.2) is 12.0 Å². The molecule has 0 unspecified atom stereocenters. The van der Waals surface area contributed by atoms with Crippen molar-refractivity contribution in [3.05, 3.63) is 68.5 Å². The Kier molecular flexibility index (Phi) is 5.52. The third kappa shape index (κ3) is 3.52. The number of rotatable bonds is 5. The van der Waals surface area contributed by atoms with Gasteiger partial charge in [-0.2, -0.15) is 0 Å². The maximum atomic E-state index is 13.8. The first-order chi connectivity index (χ1) is 13.2. The van der Waals surface area contributed by atoms with Crippen molar-refractivity contribution in [1.82, 2.24) is 9.13 Å². The zero-order chi connectivity index (χ0) is 20.6. The number of carbonyl (C=O) groups excluding carboxylic acids is 1. The number of aromatic nitrogens is 2. The molecular weight excluding hydrogens is 382 g/mol. The third-order valence-corrected chi connectivity index (χ3v) is 4.42. The van der Waals surface area contributed by atoms with Crippen LogP contribution >= 0.6 is 0 Å². The first kappa shape index (κ1) is 20.0. The molecule has 3 N–H and O–H groups in total. The van der Waals surface area contributed by atoms with Crippen molar-refractivity contribution in [3.8, 4) is 0 Å². The number of hydrogen-bond donors (Lipinski definition) is 3. The minimum Gasteiger partial charge on any atom is -0.394 e. The predicted octanol–water partition coefficient (Wildman–Crippen LogP) is -1.22. The largest absolute Gasteiger partial charge is 0.394 e. The van der Waals surface area contributed by atoms with E-state index >= 15 is 0 Å². The van der Waals surface area contributed by atoms with E-state index in [1.807, 2.05) is 0 Å². The first-order valence-corrected chi connectivity index (χ1v) is 8.17. The number of benzene rings is 1. The van der Waals surface area contributed by atoms with Crippen LogP contribution < -0.4 is 11.2 Å². The number of aliphatic hydroxyl groups is 3. The van der Waals surface area contributed by atoms with Gasteiger partial charge in [-0.3, -0.25) is 18.7 Å². The molecule has 0 spiro atoms.